The number of nitrogens with zero attached hydrogens (tertiary/aromatic N) is 4. The van der Waals surface area contributed by atoms with E-state index in [0.717, 1.165) is 88.8 Å². The first-order chi connectivity index (χ1) is 28.2. The topological polar surface area (TPSA) is 68.2 Å². The van der Waals surface area contributed by atoms with E-state index in [1.54, 1.807) is 0 Å². The summed E-state index contributed by atoms with van der Waals surface area (Å²) in [5, 5.41) is 4.07. The van der Waals surface area contributed by atoms with E-state index in [-0.39, 0.29) is 0 Å². The van der Waals surface area contributed by atoms with Gasteiger partial charge in [-0.3, -0.25) is 0 Å². The Labute approximate surface area is 328 Å². The number of hydrogen-bond acceptors (Lipinski definition) is 6. The fourth-order valence-corrected chi connectivity index (χ4v) is 7.84. The van der Waals surface area contributed by atoms with Gasteiger partial charge >= 0.3 is 0 Å². The SMILES string of the molecule is c1ccc(-c2ccc(-c3nc(-c4ccccc4)nc(-c4cccc5oc6cc(N(c7ccccc7)c7cccc8c7oc7ccccc78)ccc6c45)n3)cc2)cc1. The fourth-order valence-electron chi connectivity index (χ4n) is 7.84. The van der Waals surface area contributed by atoms with E-state index in [9.17, 15) is 0 Å². The molecule has 0 saturated heterocycles. The summed E-state index contributed by atoms with van der Waals surface area (Å²) in [5.41, 5.74) is 11.0. The van der Waals surface area contributed by atoms with E-state index in [1.165, 1.54) is 0 Å². The Balaban J connectivity index is 1.06. The van der Waals surface area contributed by atoms with Crippen LogP contribution in [0.1, 0.15) is 0 Å². The quantitative estimate of drug-likeness (QED) is 0.162. The molecule has 57 heavy (non-hydrogen) atoms. The molecule has 0 radical (unpaired) electrons. The number of fused-ring (bicyclic) bond motifs is 6. The minimum atomic E-state index is 0.575. The van der Waals surface area contributed by atoms with E-state index in [4.69, 9.17) is 23.8 Å². The Hall–Kier alpha value is -7.83. The highest BCUT2D eigenvalue weighted by Gasteiger charge is 2.22. The summed E-state index contributed by atoms with van der Waals surface area (Å²) in [6.45, 7) is 0. The van der Waals surface area contributed by atoms with Crippen LogP contribution < -0.4 is 4.90 Å². The third-order valence-electron chi connectivity index (χ3n) is 10.5. The zero-order valence-corrected chi connectivity index (χ0v) is 30.6. The number of anilines is 3. The molecule has 0 aliphatic heterocycles. The van der Waals surface area contributed by atoms with E-state index >= 15 is 0 Å². The van der Waals surface area contributed by atoms with Crippen molar-refractivity contribution in [1.29, 1.82) is 0 Å². The van der Waals surface area contributed by atoms with Crippen LogP contribution in [0, 0.1) is 0 Å². The van der Waals surface area contributed by atoms with Crippen molar-refractivity contribution in [3.05, 3.63) is 194 Å². The second-order valence-corrected chi connectivity index (χ2v) is 14.0. The van der Waals surface area contributed by atoms with E-state index < -0.39 is 0 Å². The van der Waals surface area contributed by atoms with Gasteiger partial charge in [-0.25, -0.2) is 15.0 Å². The maximum absolute atomic E-state index is 6.68. The molecule has 6 heteroatoms. The average Bonchev–Trinajstić information content (AvgIpc) is 3.86. The van der Waals surface area contributed by atoms with Crippen molar-refractivity contribution in [1.82, 2.24) is 15.0 Å². The van der Waals surface area contributed by atoms with Gasteiger partial charge in [0.2, 0.25) is 0 Å². The zero-order valence-electron chi connectivity index (χ0n) is 30.6. The van der Waals surface area contributed by atoms with Gasteiger partial charge in [0, 0.05) is 50.0 Å². The van der Waals surface area contributed by atoms with Crippen LogP contribution in [-0.2, 0) is 0 Å². The van der Waals surface area contributed by atoms with Gasteiger partial charge in [-0.05, 0) is 53.6 Å². The fraction of sp³-hybridized carbons (Fsp3) is 0. The third kappa shape index (κ3) is 5.70. The van der Waals surface area contributed by atoms with Gasteiger partial charge in [0.1, 0.15) is 16.7 Å². The molecule has 0 spiro atoms. The van der Waals surface area contributed by atoms with Crippen LogP contribution in [0.3, 0.4) is 0 Å². The first-order valence-electron chi connectivity index (χ1n) is 18.9. The third-order valence-corrected chi connectivity index (χ3v) is 10.5. The standard InChI is InChI=1S/C51H32N4O2/c1-4-14-33(15-5-1)34-26-28-36(29-27-34)50-52-49(35-16-6-2-7-17-35)53-51(54-50)42-22-13-25-45-47(42)41-31-30-38(32-46(41)56-45)55(37-18-8-3-9-19-37)43-23-12-21-40-39-20-10-11-24-44(39)57-48(40)43/h1-32H. The molecule has 0 N–H and O–H groups in total. The van der Waals surface area contributed by atoms with Crippen LogP contribution in [0.25, 0.3) is 89.2 Å². The highest BCUT2D eigenvalue weighted by molar-refractivity contribution is 6.13. The summed E-state index contributed by atoms with van der Waals surface area (Å²) >= 11 is 0. The lowest BCUT2D eigenvalue weighted by Crippen LogP contribution is -2.10. The van der Waals surface area contributed by atoms with Crippen molar-refractivity contribution >= 4 is 60.9 Å². The average molecular weight is 733 g/mol. The number of para-hydroxylation sites is 3. The van der Waals surface area contributed by atoms with Crippen molar-refractivity contribution < 1.29 is 8.83 Å². The molecule has 8 aromatic carbocycles. The molecule has 6 nitrogen and oxygen atoms in total. The largest absolute Gasteiger partial charge is 0.456 e. The van der Waals surface area contributed by atoms with Gasteiger partial charge in [0.25, 0.3) is 0 Å². The van der Waals surface area contributed by atoms with Crippen LogP contribution >= 0.6 is 0 Å². The smallest absolute Gasteiger partial charge is 0.164 e. The van der Waals surface area contributed by atoms with Crippen molar-refractivity contribution in [2.75, 3.05) is 4.90 Å². The summed E-state index contributed by atoms with van der Waals surface area (Å²) in [6.07, 6.45) is 0. The van der Waals surface area contributed by atoms with Crippen molar-refractivity contribution in [2.24, 2.45) is 0 Å². The maximum atomic E-state index is 6.68. The van der Waals surface area contributed by atoms with Gasteiger partial charge < -0.3 is 13.7 Å². The Morgan fingerprint density at radius 3 is 1.70 bits per heavy atom. The molecule has 3 heterocycles. The first kappa shape index (κ1) is 32.6. The van der Waals surface area contributed by atoms with E-state index in [2.05, 4.69) is 126 Å². The molecule has 0 aliphatic rings. The minimum Gasteiger partial charge on any atom is -0.456 e. The van der Waals surface area contributed by atoms with Crippen LogP contribution in [0.2, 0.25) is 0 Å². The molecular formula is C51H32N4O2. The predicted molar refractivity (Wildman–Crippen MR) is 231 cm³/mol. The monoisotopic (exact) mass is 732 g/mol. The molecule has 0 saturated carbocycles. The molecule has 0 bridgehead atoms. The second kappa shape index (κ2) is 13.5. The number of aromatic nitrogens is 3. The predicted octanol–water partition coefficient (Wildman–Crippen LogP) is 13.8. The summed E-state index contributed by atoms with van der Waals surface area (Å²) in [4.78, 5) is 17.4. The molecule has 0 fully saturated rings. The first-order valence-corrected chi connectivity index (χ1v) is 18.9. The van der Waals surface area contributed by atoms with Gasteiger partial charge in [0.15, 0.2) is 23.1 Å². The lowest BCUT2D eigenvalue weighted by Gasteiger charge is -2.25. The minimum absolute atomic E-state index is 0.575. The highest BCUT2D eigenvalue weighted by Crippen LogP contribution is 2.44. The highest BCUT2D eigenvalue weighted by atomic mass is 16.3. The molecule has 11 aromatic rings. The van der Waals surface area contributed by atoms with Gasteiger partial charge in [-0.2, -0.15) is 0 Å². The summed E-state index contributed by atoms with van der Waals surface area (Å²) in [7, 11) is 0. The molecule has 11 rings (SSSR count). The Morgan fingerprint density at radius 1 is 0.351 bits per heavy atom. The van der Waals surface area contributed by atoms with Gasteiger partial charge in [0.05, 0.1) is 11.4 Å². The Kier molecular flexibility index (Phi) is 7.71. The van der Waals surface area contributed by atoms with E-state index in [1.807, 2.05) is 72.8 Å². The number of benzene rings is 8. The summed E-state index contributed by atoms with van der Waals surface area (Å²) < 4.78 is 13.2. The van der Waals surface area contributed by atoms with Crippen LogP contribution in [0.5, 0.6) is 0 Å². The van der Waals surface area contributed by atoms with Crippen molar-refractivity contribution in [3.8, 4) is 45.3 Å². The molecule has 268 valence electrons. The van der Waals surface area contributed by atoms with Gasteiger partial charge in [-0.1, -0.05) is 146 Å². The van der Waals surface area contributed by atoms with Crippen LogP contribution in [0.4, 0.5) is 17.1 Å². The maximum Gasteiger partial charge on any atom is 0.164 e. The van der Waals surface area contributed by atoms with Crippen molar-refractivity contribution in [2.45, 2.75) is 0 Å². The van der Waals surface area contributed by atoms with Crippen LogP contribution in [-0.4, -0.2) is 15.0 Å². The molecular weight excluding hydrogens is 701 g/mol. The van der Waals surface area contributed by atoms with Crippen molar-refractivity contribution in [3.63, 3.8) is 0 Å². The zero-order chi connectivity index (χ0) is 37.7. The molecule has 0 amide bonds. The summed E-state index contributed by atoms with van der Waals surface area (Å²) in [5.74, 6) is 1.78. The molecule has 0 atom stereocenters. The van der Waals surface area contributed by atoms with E-state index in [0.29, 0.717) is 17.5 Å². The van der Waals surface area contributed by atoms with Crippen LogP contribution in [0.15, 0.2) is 203 Å². The normalized spacial score (nSPS) is 11.5. The summed E-state index contributed by atoms with van der Waals surface area (Å²) in [6, 6.07) is 66.1. The Morgan fingerprint density at radius 2 is 0.930 bits per heavy atom. The lowest BCUT2D eigenvalue weighted by molar-refractivity contribution is 0.667. The second-order valence-electron chi connectivity index (χ2n) is 14.0. The number of hydrogen-bond donors (Lipinski definition) is 0. The Bertz CT molecular complexity index is 3230. The number of rotatable bonds is 7. The molecule has 0 unspecified atom stereocenters. The molecule has 0 aliphatic carbocycles. The molecule has 3 aromatic heterocycles. The number of furan rings is 2. The lowest BCUT2D eigenvalue weighted by atomic mass is 10.0. The van der Waals surface area contributed by atoms with Gasteiger partial charge in [-0.15, -0.1) is 0 Å².